The lowest BCUT2D eigenvalue weighted by molar-refractivity contribution is 0.181. The number of furan rings is 1. The van der Waals surface area contributed by atoms with E-state index in [1.54, 1.807) is 6.07 Å². The van der Waals surface area contributed by atoms with Crippen LogP contribution in [0.4, 0.5) is 0 Å². The van der Waals surface area contributed by atoms with Crippen LogP contribution >= 0.6 is 15.9 Å². The van der Waals surface area contributed by atoms with Gasteiger partial charge in [-0.1, -0.05) is 22.9 Å². The lowest BCUT2D eigenvalue weighted by Crippen LogP contribution is -2.03. The molecule has 0 saturated heterocycles. The van der Waals surface area contributed by atoms with Crippen LogP contribution in [0.3, 0.4) is 0 Å². The van der Waals surface area contributed by atoms with Crippen molar-refractivity contribution in [1.29, 1.82) is 0 Å². The van der Waals surface area contributed by atoms with Gasteiger partial charge in [0.2, 0.25) is 0 Å². The van der Waals surface area contributed by atoms with Crippen LogP contribution in [0, 0.1) is 0 Å². The summed E-state index contributed by atoms with van der Waals surface area (Å²) in [5, 5.41) is 10.4. The smallest absolute Gasteiger partial charge is 0.140 e. The van der Waals surface area contributed by atoms with Crippen molar-refractivity contribution in [2.75, 3.05) is 6.61 Å². The first-order valence-electron chi connectivity index (χ1n) is 6.34. The van der Waals surface area contributed by atoms with Crippen LogP contribution in [0.25, 0.3) is 0 Å². The van der Waals surface area contributed by atoms with Gasteiger partial charge in [0.25, 0.3) is 0 Å². The van der Waals surface area contributed by atoms with Crippen molar-refractivity contribution in [1.82, 2.24) is 0 Å². The second kappa shape index (κ2) is 6.26. The summed E-state index contributed by atoms with van der Waals surface area (Å²) in [5.74, 6) is 2.07. The minimum atomic E-state index is -0.820. The molecule has 1 N–H and O–H groups in total. The summed E-state index contributed by atoms with van der Waals surface area (Å²) in [4.78, 5) is 0. The van der Waals surface area contributed by atoms with Gasteiger partial charge in [0.15, 0.2) is 0 Å². The molecule has 0 fully saturated rings. The Kier molecular flexibility index (Phi) is 4.66. The van der Waals surface area contributed by atoms with Crippen molar-refractivity contribution < 1.29 is 14.3 Å². The summed E-state index contributed by atoms with van der Waals surface area (Å²) in [6, 6.07) is 9.28. The normalized spacial score (nSPS) is 12.4. The highest BCUT2D eigenvalue weighted by Crippen LogP contribution is 2.33. The van der Waals surface area contributed by atoms with E-state index < -0.39 is 6.10 Å². The van der Waals surface area contributed by atoms with Gasteiger partial charge in [-0.05, 0) is 37.3 Å². The van der Waals surface area contributed by atoms with Crippen molar-refractivity contribution in [2.24, 2.45) is 0 Å². The molecule has 1 aromatic heterocycles. The number of aryl methyl sites for hydroxylation is 1. The average Bonchev–Trinajstić information content (AvgIpc) is 2.89. The van der Waals surface area contributed by atoms with Gasteiger partial charge in [-0.15, -0.1) is 0 Å². The first kappa shape index (κ1) is 14.2. The van der Waals surface area contributed by atoms with E-state index in [0.29, 0.717) is 23.7 Å². The number of ether oxygens (including phenoxy) is 1. The molecule has 3 nitrogen and oxygen atoms in total. The summed E-state index contributed by atoms with van der Waals surface area (Å²) >= 11 is 3.41. The fourth-order valence-electron chi connectivity index (χ4n) is 1.90. The number of halogens is 1. The number of hydrogen-bond donors (Lipinski definition) is 1. The van der Waals surface area contributed by atoms with Gasteiger partial charge in [-0.3, -0.25) is 0 Å². The van der Waals surface area contributed by atoms with E-state index in [-0.39, 0.29) is 0 Å². The average molecular weight is 325 g/mol. The van der Waals surface area contributed by atoms with Crippen LogP contribution in [0.5, 0.6) is 5.75 Å². The molecule has 2 aromatic rings. The lowest BCUT2D eigenvalue weighted by atomic mass is 10.1. The highest BCUT2D eigenvalue weighted by Gasteiger charge is 2.19. The second-order valence-electron chi connectivity index (χ2n) is 4.18. The third kappa shape index (κ3) is 3.19. The molecular formula is C15H17BrO3. The summed E-state index contributed by atoms with van der Waals surface area (Å²) in [6.45, 7) is 4.49. The topological polar surface area (TPSA) is 42.6 Å². The minimum absolute atomic E-state index is 0.538. The Morgan fingerprint density at radius 2 is 2.05 bits per heavy atom. The van der Waals surface area contributed by atoms with Crippen molar-refractivity contribution in [3.05, 3.63) is 51.9 Å². The zero-order chi connectivity index (χ0) is 13.8. The molecule has 0 spiro atoms. The Balaban J connectivity index is 2.36. The van der Waals surface area contributed by atoms with E-state index in [2.05, 4.69) is 15.9 Å². The van der Waals surface area contributed by atoms with Crippen LogP contribution < -0.4 is 4.74 Å². The Morgan fingerprint density at radius 1 is 1.26 bits per heavy atom. The van der Waals surface area contributed by atoms with Gasteiger partial charge in [0.05, 0.1) is 6.61 Å². The Morgan fingerprint density at radius 3 is 2.68 bits per heavy atom. The second-order valence-corrected chi connectivity index (χ2v) is 5.09. The fraction of sp³-hybridized carbons (Fsp3) is 0.333. The number of aliphatic hydroxyl groups is 1. The van der Waals surface area contributed by atoms with Gasteiger partial charge in [0.1, 0.15) is 23.4 Å². The molecule has 2 rings (SSSR count). The maximum atomic E-state index is 10.4. The SMILES string of the molecule is CCOc1ccc(Br)cc1C(O)c1ccc(CC)o1. The Hall–Kier alpha value is -1.26. The van der Waals surface area contributed by atoms with Crippen LogP contribution in [-0.2, 0) is 6.42 Å². The predicted octanol–water partition coefficient (Wildman–Crippen LogP) is 4.08. The largest absolute Gasteiger partial charge is 0.493 e. The third-order valence-electron chi connectivity index (χ3n) is 2.87. The molecule has 0 saturated carbocycles. The first-order chi connectivity index (χ1) is 9.15. The van der Waals surface area contributed by atoms with E-state index in [1.165, 1.54) is 0 Å². The zero-order valence-electron chi connectivity index (χ0n) is 11.0. The van der Waals surface area contributed by atoms with Gasteiger partial charge in [-0.2, -0.15) is 0 Å². The zero-order valence-corrected chi connectivity index (χ0v) is 12.6. The third-order valence-corrected chi connectivity index (χ3v) is 3.36. The number of aliphatic hydroxyl groups excluding tert-OH is 1. The highest BCUT2D eigenvalue weighted by molar-refractivity contribution is 9.10. The Labute approximate surface area is 121 Å². The van der Waals surface area contributed by atoms with Crippen molar-refractivity contribution in [3.63, 3.8) is 0 Å². The highest BCUT2D eigenvalue weighted by atomic mass is 79.9. The molecule has 1 atom stereocenters. The molecule has 0 bridgehead atoms. The summed E-state index contributed by atoms with van der Waals surface area (Å²) in [7, 11) is 0. The molecule has 0 amide bonds. The molecule has 0 aliphatic heterocycles. The quantitative estimate of drug-likeness (QED) is 0.900. The summed E-state index contributed by atoms with van der Waals surface area (Å²) < 4.78 is 12.0. The lowest BCUT2D eigenvalue weighted by Gasteiger charge is -2.14. The molecule has 1 unspecified atom stereocenters. The first-order valence-corrected chi connectivity index (χ1v) is 7.14. The van der Waals surface area contributed by atoms with Crippen molar-refractivity contribution in [3.8, 4) is 5.75 Å². The van der Waals surface area contributed by atoms with Gasteiger partial charge >= 0.3 is 0 Å². The molecule has 1 aromatic carbocycles. The van der Waals surface area contributed by atoms with Crippen LogP contribution in [0.2, 0.25) is 0 Å². The van der Waals surface area contributed by atoms with E-state index in [0.717, 1.165) is 16.7 Å². The van der Waals surface area contributed by atoms with Crippen LogP contribution in [0.15, 0.2) is 39.2 Å². The maximum Gasteiger partial charge on any atom is 0.140 e. The molecule has 1 heterocycles. The molecule has 102 valence electrons. The van der Waals surface area contributed by atoms with E-state index >= 15 is 0 Å². The van der Waals surface area contributed by atoms with Crippen LogP contribution in [0.1, 0.15) is 37.0 Å². The van der Waals surface area contributed by atoms with Gasteiger partial charge < -0.3 is 14.3 Å². The molecule has 4 heteroatoms. The van der Waals surface area contributed by atoms with Gasteiger partial charge in [-0.25, -0.2) is 0 Å². The number of hydrogen-bond acceptors (Lipinski definition) is 3. The molecule has 0 aliphatic carbocycles. The predicted molar refractivity (Wildman–Crippen MR) is 77.5 cm³/mol. The summed E-state index contributed by atoms with van der Waals surface area (Å²) in [5.41, 5.74) is 0.702. The van der Waals surface area contributed by atoms with Crippen molar-refractivity contribution >= 4 is 15.9 Å². The standard InChI is InChI=1S/C15H17BrO3/c1-3-11-6-8-14(19-11)15(17)12-9-10(16)5-7-13(12)18-4-2/h5-9,15,17H,3-4H2,1-2H3. The fourth-order valence-corrected chi connectivity index (χ4v) is 2.28. The van der Waals surface area contributed by atoms with Crippen molar-refractivity contribution in [2.45, 2.75) is 26.4 Å². The molecule has 19 heavy (non-hydrogen) atoms. The van der Waals surface area contributed by atoms with Crippen LogP contribution in [-0.4, -0.2) is 11.7 Å². The van der Waals surface area contributed by atoms with E-state index in [4.69, 9.17) is 9.15 Å². The maximum absolute atomic E-state index is 10.4. The minimum Gasteiger partial charge on any atom is -0.493 e. The van der Waals surface area contributed by atoms with Gasteiger partial charge in [0, 0.05) is 16.5 Å². The molecular weight excluding hydrogens is 308 g/mol. The Bertz CT molecular complexity index is 548. The monoisotopic (exact) mass is 324 g/mol. The number of rotatable bonds is 5. The molecule has 0 aliphatic rings. The van der Waals surface area contributed by atoms with E-state index in [9.17, 15) is 5.11 Å². The van der Waals surface area contributed by atoms with E-state index in [1.807, 2.05) is 38.1 Å². The molecule has 0 radical (unpaired) electrons. The number of benzene rings is 1. The summed E-state index contributed by atoms with van der Waals surface area (Å²) in [6.07, 6.45) is -0.0110.